The molecule has 9 heteroatoms. The summed E-state index contributed by atoms with van der Waals surface area (Å²) in [6, 6.07) is 11.7. The quantitative estimate of drug-likeness (QED) is 0.666. The van der Waals surface area contributed by atoms with Crippen LogP contribution in [-0.4, -0.2) is 34.2 Å². The summed E-state index contributed by atoms with van der Waals surface area (Å²) in [6.45, 7) is 1.52. The molecule has 0 spiro atoms. The SMILES string of the molecule is CC[C@H](NC(=O)CN(c1cccc(Cl)c1Cl)S(C)(=O)=O)c1ccc(OC)cc1. The number of nitrogens with zero attached hydrogens (tertiary/aromatic N) is 1. The molecule has 1 N–H and O–H groups in total. The van der Waals surface area contributed by atoms with Crippen molar-refractivity contribution in [2.24, 2.45) is 0 Å². The number of hydrogen-bond donors (Lipinski definition) is 1. The number of rotatable bonds is 8. The van der Waals surface area contributed by atoms with Crippen LogP contribution in [0.5, 0.6) is 5.75 Å². The Morgan fingerprint density at radius 3 is 2.36 bits per heavy atom. The molecular weight excluding hydrogens is 423 g/mol. The Balaban J connectivity index is 2.22. The number of carbonyl (C=O) groups excluding carboxylic acids is 1. The lowest BCUT2D eigenvalue weighted by atomic mass is 10.0. The largest absolute Gasteiger partial charge is 0.497 e. The van der Waals surface area contributed by atoms with Gasteiger partial charge in [-0.05, 0) is 36.2 Å². The highest BCUT2D eigenvalue weighted by molar-refractivity contribution is 7.92. The molecule has 0 fully saturated rings. The van der Waals surface area contributed by atoms with Gasteiger partial charge < -0.3 is 10.1 Å². The maximum absolute atomic E-state index is 12.6. The molecule has 0 aliphatic rings. The number of carbonyl (C=O) groups is 1. The molecule has 0 aliphatic heterocycles. The first-order valence-electron chi connectivity index (χ1n) is 8.52. The first-order valence-corrected chi connectivity index (χ1v) is 11.1. The first-order chi connectivity index (χ1) is 13.2. The molecule has 2 rings (SSSR count). The van der Waals surface area contributed by atoms with Gasteiger partial charge >= 0.3 is 0 Å². The van der Waals surface area contributed by atoms with Crippen LogP contribution in [0.15, 0.2) is 42.5 Å². The summed E-state index contributed by atoms with van der Waals surface area (Å²) in [4.78, 5) is 12.6. The van der Waals surface area contributed by atoms with Crippen LogP contribution < -0.4 is 14.4 Å². The van der Waals surface area contributed by atoms with Gasteiger partial charge in [0.05, 0.1) is 35.1 Å². The monoisotopic (exact) mass is 444 g/mol. The zero-order chi connectivity index (χ0) is 20.9. The summed E-state index contributed by atoms with van der Waals surface area (Å²) in [7, 11) is -2.18. The summed E-state index contributed by atoms with van der Waals surface area (Å²) in [5, 5.41) is 3.15. The number of sulfonamides is 1. The van der Waals surface area contributed by atoms with Crippen molar-refractivity contribution in [3.8, 4) is 5.75 Å². The minimum Gasteiger partial charge on any atom is -0.497 e. The first kappa shape index (κ1) is 22.3. The van der Waals surface area contributed by atoms with Crippen molar-refractivity contribution in [1.82, 2.24) is 5.32 Å². The molecule has 0 unspecified atom stereocenters. The Morgan fingerprint density at radius 1 is 1.18 bits per heavy atom. The fourth-order valence-corrected chi connectivity index (χ4v) is 4.00. The van der Waals surface area contributed by atoms with Gasteiger partial charge in [-0.15, -0.1) is 0 Å². The number of hydrogen-bond acceptors (Lipinski definition) is 4. The van der Waals surface area contributed by atoms with Crippen LogP contribution in [-0.2, 0) is 14.8 Å². The van der Waals surface area contributed by atoms with Crippen LogP contribution in [0.4, 0.5) is 5.69 Å². The number of amides is 1. The average molecular weight is 445 g/mol. The molecule has 0 heterocycles. The third-order valence-corrected chi connectivity index (χ3v) is 6.08. The van der Waals surface area contributed by atoms with E-state index in [1.165, 1.54) is 6.07 Å². The Labute approximate surface area is 175 Å². The number of halogens is 2. The van der Waals surface area contributed by atoms with E-state index in [0.717, 1.165) is 16.1 Å². The van der Waals surface area contributed by atoms with Crippen LogP contribution in [0.1, 0.15) is 24.9 Å². The van der Waals surface area contributed by atoms with Crippen molar-refractivity contribution < 1.29 is 17.9 Å². The van der Waals surface area contributed by atoms with Crippen LogP contribution in [0, 0.1) is 0 Å². The topological polar surface area (TPSA) is 75.7 Å². The van der Waals surface area contributed by atoms with Gasteiger partial charge in [-0.2, -0.15) is 0 Å². The molecule has 152 valence electrons. The van der Waals surface area contributed by atoms with Crippen LogP contribution >= 0.6 is 23.2 Å². The molecular formula is C19H22Cl2N2O4S. The second-order valence-corrected chi connectivity index (χ2v) is 8.84. The second kappa shape index (κ2) is 9.49. The average Bonchev–Trinajstić information content (AvgIpc) is 2.66. The Hall–Kier alpha value is -1.96. The molecule has 2 aromatic rings. The third kappa shape index (κ3) is 5.53. The highest BCUT2D eigenvalue weighted by atomic mass is 35.5. The maximum Gasteiger partial charge on any atom is 0.241 e. The second-order valence-electron chi connectivity index (χ2n) is 6.14. The summed E-state index contributed by atoms with van der Waals surface area (Å²) >= 11 is 12.1. The van der Waals surface area contributed by atoms with E-state index in [9.17, 15) is 13.2 Å². The van der Waals surface area contributed by atoms with Crippen LogP contribution in [0.2, 0.25) is 10.0 Å². The fraction of sp³-hybridized carbons (Fsp3) is 0.316. The smallest absolute Gasteiger partial charge is 0.241 e. The van der Waals surface area contributed by atoms with Crippen LogP contribution in [0.25, 0.3) is 0 Å². The van der Waals surface area contributed by atoms with Crippen molar-refractivity contribution >= 4 is 44.8 Å². The number of benzene rings is 2. The maximum atomic E-state index is 12.6. The van der Waals surface area contributed by atoms with Gasteiger partial charge in [-0.3, -0.25) is 9.10 Å². The zero-order valence-corrected chi connectivity index (χ0v) is 18.1. The lowest BCUT2D eigenvalue weighted by Crippen LogP contribution is -2.41. The third-order valence-electron chi connectivity index (χ3n) is 4.15. The number of methoxy groups -OCH3 is 1. The highest BCUT2D eigenvalue weighted by Gasteiger charge is 2.25. The normalized spacial score (nSPS) is 12.3. The summed E-state index contributed by atoms with van der Waals surface area (Å²) in [5.74, 6) is 0.257. The fourth-order valence-electron chi connectivity index (χ4n) is 2.69. The Bertz CT molecular complexity index is 933. The van der Waals surface area contributed by atoms with Crippen molar-refractivity contribution in [3.63, 3.8) is 0 Å². The summed E-state index contributed by atoms with van der Waals surface area (Å²) in [6.07, 6.45) is 1.65. The van der Waals surface area contributed by atoms with E-state index in [-0.39, 0.29) is 21.8 Å². The molecule has 0 bridgehead atoms. The van der Waals surface area contributed by atoms with Crippen molar-refractivity contribution in [3.05, 3.63) is 58.1 Å². The molecule has 0 saturated heterocycles. The van der Waals surface area contributed by atoms with Crippen LogP contribution in [0.3, 0.4) is 0 Å². The van der Waals surface area contributed by atoms with Gasteiger partial charge in [0, 0.05) is 0 Å². The van der Waals surface area contributed by atoms with Gasteiger partial charge in [-0.1, -0.05) is 48.3 Å². The molecule has 0 saturated carbocycles. The van der Waals surface area contributed by atoms with Gasteiger partial charge in [-0.25, -0.2) is 8.42 Å². The van der Waals surface area contributed by atoms with Crippen molar-refractivity contribution in [2.75, 3.05) is 24.2 Å². The van der Waals surface area contributed by atoms with E-state index in [2.05, 4.69) is 5.32 Å². The summed E-state index contributed by atoms with van der Waals surface area (Å²) < 4.78 is 30.6. The Morgan fingerprint density at radius 2 is 1.82 bits per heavy atom. The molecule has 6 nitrogen and oxygen atoms in total. The van der Waals surface area contributed by atoms with E-state index in [0.29, 0.717) is 12.2 Å². The number of ether oxygens (including phenoxy) is 1. The van der Waals surface area contributed by atoms with Gasteiger partial charge in [0.2, 0.25) is 15.9 Å². The Kier molecular flexibility index (Phi) is 7.57. The lowest BCUT2D eigenvalue weighted by Gasteiger charge is -2.25. The predicted octanol–water partition coefficient (Wildman–Crippen LogP) is 4.04. The van der Waals surface area contributed by atoms with E-state index in [1.807, 2.05) is 19.1 Å². The molecule has 2 aromatic carbocycles. The van der Waals surface area contributed by atoms with Gasteiger partial charge in [0.1, 0.15) is 12.3 Å². The van der Waals surface area contributed by atoms with Gasteiger partial charge in [0.25, 0.3) is 0 Å². The predicted molar refractivity (Wildman–Crippen MR) is 113 cm³/mol. The van der Waals surface area contributed by atoms with Crippen molar-refractivity contribution in [1.29, 1.82) is 0 Å². The molecule has 1 amide bonds. The molecule has 0 aromatic heterocycles. The molecule has 28 heavy (non-hydrogen) atoms. The molecule has 1 atom stereocenters. The minimum absolute atomic E-state index is 0.0737. The zero-order valence-electron chi connectivity index (χ0n) is 15.8. The number of nitrogens with one attached hydrogen (secondary N) is 1. The highest BCUT2D eigenvalue weighted by Crippen LogP contribution is 2.33. The van der Waals surface area contributed by atoms with E-state index >= 15 is 0 Å². The summed E-state index contributed by atoms with van der Waals surface area (Å²) in [5.41, 5.74) is 1.05. The standard InChI is InChI=1S/C19H22Cl2N2O4S/c1-4-16(13-8-10-14(27-2)11-9-13)22-18(24)12-23(28(3,25)26)17-7-5-6-15(20)19(17)21/h5-11,16H,4,12H2,1-3H3,(H,22,24)/t16-/m0/s1. The molecule has 0 radical (unpaired) electrons. The lowest BCUT2D eigenvalue weighted by molar-refractivity contribution is -0.120. The van der Waals surface area contributed by atoms with E-state index < -0.39 is 22.5 Å². The van der Waals surface area contributed by atoms with Gasteiger partial charge in [0.15, 0.2) is 0 Å². The van der Waals surface area contributed by atoms with E-state index in [4.69, 9.17) is 27.9 Å². The van der Waals surface area contributed by atoms with E-state index in [1.54, 1.807) is 31.4 Å². The van der Waals surface area contributed by atoms with Crippen molar-refractivity contribution in [2.45, 2.75) is 19.4 Å². The molecule has 0 aliphatic carbocycles. The number of anilines is 1. The minimum atomic E-state index is -3.76.